The maximum atomic E-state index is 11.8. The minimum Gasteiger partial charge on any atom is -0.383 e. The molecule has 0 saturated heterocycles. The smallest absolute Gasteiger partial charge is 0.227 e. The van der Waals surface area contributed by atoms with Crippen molar-refractivity contribution in [2.45, 2.75) is 32.2 Å². The van der Waals surface area contributed by atoms with Gasteiger partial charge in [-0.3, -0.25) is 4.79 Å². The highest BCUT2D eigenvalue weighted by Crippen LogP contribution is 2.44. The van der Waals surface area contributed by atoms with Crippen molar-refractivity contribution in [1.29, 1.82) is 0 Å². The number of hydrogen-bond donors (Lipinski definition) is 2. The standard InChI is InChI=1S/C10H20N2O2/c1-3-8(6-14-2)12-9(13)10(7-11)4-5-10/h8H,3-7,11H2,1-2H3,(H,12,13). The highest BCUT2D eigenvalue weighted by atomic mass is 16.5. The van der Waals surface area contributed by atoms with Crippen LogP contribution in [0.15, 0.2) is 0 Å². The monoisotopic (exact) mass is 200 g/mol. The third-order valence-corrected chi connectivity index (χ3v) is 2.92. The first-order valence-corrected chi connectivity index (χ1v) is 5.18. The van der Waals surface area contributed by atoms with Gasteiger partial charge in [0.2, 0.25) is 5.91 Å². The van der Waals surface area contributed by atoms with Crippen LogP contribution in [0.3, 0.4) is 0 Å². The number of nitrogens with two attached hydrogens (primary N) is 1. The van der Waals surface area contributed by atoms with Crippen LogP contribution in [-0.2, 0) is 9.53 Å². The van der Waals surface area contributed by atoms with E-state index < -0.39 is 0 Å². The van der Waals surface area contributed by atoms with E-state index >= 15 is 0 Å². The lowest BCUT2D eigenvalue weighted by atomic mass is 10.1. The van der Waals surface area contributed by atoms with Crippen molar-refractivity contribution >= 4 is 5.91 Å². The van der Waals surface area contributed by atoms with Gasteiger partial charge in [-0.2, -0.15) is 0 Å². The Labute approximate surface area is 85.2 Å². The lowest BCUT2D eigenvalue weighted by Gasteiger charge is -2.19. The molecule has 1 unspecified atom stereocenters. The zero-order chi connectivity index (χ0) is 10.6. The second-order valence-corrected chi connectivity index (χ2v) is 4.02. The Morgan fingerprint density at radius 1 is 1.64 bits per heavy atom. The fourth-order valence-corrected chi connectivity index (χ4v) is 1.48. The van der Waals surface area contributed by atoms with Gasteiger partial charge < -0.3 is 15.8 Å². The first kappa shape index (κ1) is 11.5. The molecule has 3 N–H and O–H groups in total. The van der Waals surface area contributed by atoms with Crippen LogP contribution in [0.1, 0.15) is 26.2 Å². The first-order valence-electron chi connectivity index (χ1n) is 5.18. The van der Waals surface area contributed by atoms with E-state index in [1.165, 1.54) is 0 Å². The summed E-state index contributed by atoms with van der Waals surface area (Å²) in [5, 5.41) is 2.98. The van der Waals surface area contributed by atoms with Crippen LogP contribution in [0, 0.1) is 5.41 Å². The maximum absolute atomic E-state index is 11.8. The molecule has 0 aromatic carbocycles. The molecule has 0 aromatic heterocycles. The summed E-state index contributed by atoms with van der Waals surface area (Å²) in [6.07, 6.45) is 2.75. The SMILES string of the molecule is CCC(COC)NC(=O)C1(CN)CC1. The van der Waals surface area contributed by atoms with Gasteiger partial charge in [-0.05, 0) is 19.3 Å². The van der Waals surface area contributed by atoms with E-state index in [-0.39, 0.29) is 17.4 Å². The molecule has 1 fully saturated rings. The molecule has 1 saturated carbocycles. The van der Waals surface area contributed by atoms with Crippen molar-refractivity contribution in [3.63, 3.8) is 0 Å². The van der Waals surface area contributed by atoms with Gasteiger partial charge in [0, 0.05) is 13.7 Å². The largest absolute Gasteiger partial charge is 0.383 e. The van der Waals surface area contributed by atoms with E-state index in [9.17, 15) is 4.79 Å². The molecular formula is C10H20N2O2. The normalized spacial score (nSPS) is 20.2. The van der Waals surface area contributed by atoms with Gasteiger partial charge in [0.25, 0.3) is 0 Å². The molecule has 0 spiro atoms. The molecule has 14 heavy (non-hydrogen) atoms. The van der Waals surface area contributed by atoms with Crippen molar-refractivity contribution in [3.05, 3.63) is 0 Å². The van der Waals surface area contributed by atoms with Crippen LogP contribution in [-0.4, -0.2) is 32.2 Å². The Balaban J connectivity index is 2.38. The van der Waals surface area contributed by atoms with Crippen LogP contribution in [0.5, 0.6) is 0 Å². The number of amides is 1. The number of rotatable bonds is 6. The van der Waals surface area contributed by atoms with Gasteiger partial charge in [0.15, 0.2) is 0 Å². The summed E-state index contributed by atoms with van der Waals surface area (Å²) in [6, 6.07) is 0.122. The summed E-state index contributed by atoms with van der Waals surface area (Å²) in [5.41, 5.74) is 5.32. The van der Waals surface area contributed by atoms with Crippen LogP contribution in [0.25, 0.3) is 0 Å². The molecule has 0 heterocycles. The molecule has 82 valence electrons. The van der Waals surface area contributed by atoms with E-state index in [2.05, 4.69) is 5.32 Å². The second-order valence-electron chi connectivity index (χ2n) is 4.02. The third-order valence-electron chi connectivity index (χ3n) is 2.92. The number of methoxy groups -OCH3 is 1. The van der Waals surface area contributed by atoms with E-state index in [4.69, 9.17) is 10.5 Å². The average Bonchev–Trinajstić information content (AvgIpc) is 2.97. The number of ether oxygens (including phenoxy) is 1. The predicted molar refractivity (Wildman–Crippen MR) is 54.8 cm³/mol. The van der Waals surface area contributed by atoms with Crippen LogP contribution >= 0.6 is 0 Å². The number of carbonyl (C=O) groups is 1. The van der Waals surface area contributed by atoms with Crippen molar-refractivity contribution < 1.29 is 9.53 Å². The molecule has 1 rings (SSSR count). The molecule has 1 aliphatic carbocycles. The van der Waals surface area contributed by atoms with Crippen molar-refractivity contribution in [2.75, 3.05) is 20.3 Å². The molecule has 4 heteroatoms. The quantitative estimate of drug-likeness (QED) is 0.646. The number of carbonyl (C=O) groups excluding carboxylic acids is 1. The Morgan fingerprint density at radius 2 is 2.29 bits per heavy atom. The lowest BCUT2D eigenvalue weighted by Crippen LogP contribution is -2.44. The average molecular weight is 200 g/mol. The summed E-state index contributed by atoms with van der Waals surface area (Å²) in [5.74, 6) is 0.101. The molecule has 0 radical (unpaired) electrons. The van der Waals surface area contributed by atoms with E-state index in [0.29, 0.717) is 13.2 Å². The molecule has 1 aliphatic rings. The van der Waals surface area contributed by atoms with Crippen molar-refractivity contribution in [1.82, 2.24) is 5.32 Å². The zero-order valence-electron chi connectivity index (χ0n) is 9.01. The van der Waals surface area contributed by atoms with E-state index in [1.54, 1.807) is 7.11 Å². The van der Waals surface area contributed by atoms with Gasteiger partial charge in [-0.15, -0.1) is 0 Å². The van der Waals surface area contributed by atoms with Crippen LogP contribution in [0.2, 0.25) is 0 Å². The molecular weight excluding hydrogens is 180 g/mol. The van der Waals surface area contributed by atoms with Crippen molar-refractivity contribution in [2.24, 2.45) is 11.1 Å². The fraction of sp³-hybridized carbons (Fsp3) is 0.900. The second kappa shape index (κ2) is 4.75. The maximum Gasteiger partial charge on any atom is 0.227 e. The van der Waals surface area contributed by atoms with Gasteiger partial charge in [0.1, 0.15) is 0 Å². The molecule has 4 nitrogen and oxygen atoms in total. The molecule has 0 bridgehead atoms. The zero-order valence-corrected chi connectivity index (χ0v) is 9.01. The Kier molecular flexibility index (Phi) is 3.89. The summed E-state index contributed by atoms with van der Waals surface area (Å²) in [7, 11) is 1.64. The van der Waals surface area contributed by atoms with E-state index in [0.717, 1.165) is 19.3 Å². The first-order chi connectivity index (χ1) is 6.68. The molecule has 0 aliphatic heterocycles. The lowest BCUT2D eigenvalue weighted by molar-refractivity contribution is -0.127. The Bertz CT molecular complexity index is 202. The third kappa shape index (κ3) is 2.45. The fourth-order valence-electron chi connectivity index (χ4n) is 1.48. The highest BCUT2D eigenvalue weighted by Gasteiger charge is 2.48. The van der Waals surface area contributed by atoms with Gasteiger partial charge in [0.05, 0.1) is 18.1 Å². The predicted octanol–water partition coefficient (Wildman–Crippen LogP) is 0.267. The van der Waals surface area contributed by atoms with Gasteiger partial charge in [-0.1, -0.05) is 6.92 Å². The summed E-state index contributed by atoms with van der Waals surface area (Å²) in [4.78, 5) is 11.8. The Morgan fingerprint density at radius 3 is 2.64 bits per heavy atom. The van der Waals surface area contributed by atoms with Crippen LogP contribution in [0.4, 0.5) is 0 Å². The Hall–Kier alpha value is -0.610. The minimum atomic E-state index is -0.249. The molecule has 0 aromatic rings. The van der Waals surface area contributed by atoms with E-state index in [1.807, 2.05) is 6.92 Å². The molecule has 1 amide bonds. The van der Waals surface area contributed by atoms with Crippen molar-refractivity contribution in [3.8, 4) is 0 Å². The number of hydrogen-bond acceptors (Lipinski definition) is 3. The molecule has 1 atom stereocenters. The minimum absolute atomic E-state index is 0.101. The van der Waals surface area contributed by atoms with Gasteiger partial charge in [-0.25, -0.2) is 0 Å². The summed E-state index contributed by atoms with van der Waals surface area (Å²) >= 11 is 0. The topological polar surface area (TPSA) is 64.3 Å². The summed E-state index contributed by atoms with van der Waals surface area (Å²) < 4.78 is 5.02. The van der Waals surface area contributed by atoms with Crippen LogP contribution < -0.4 is 11.1 Å². The number of nitrogens with one attached hydrogen (secondary N) is 1. The van der Waals surface area contributed by atoms with Gasteiger partial charge >= 0.3 is 0 Å². The summed E-state index contributed by atoms with van der Waals surface area (Å²) in [6.45, 7) is 3.07. The highest BCUT2D eigenvalue weighted by molar-refractivity contribution is 5.85.